The van der Waals surface area contributed by atoms with Crippen molar-refractivity contribution >= 4 is 22.9 Å². The lowest BCUT2D eigenvalue weighted by atomic mass is 10.0. The number of aromatic amines is 1. The summed E-state index contributed by atoms with van der Waals surface area (Å²) in [5.41, 5.74) is 0.610. The average Bonchev–Trinajstić information content (AvgIpc) is 2.63. The molecular formula is C17H18N2O6. The number of pyridine rings is 1. The fourth-order valence-electron chi connectivity index (χ4n) is 2.34. The molecule has 1 aromatic heterocycles. The number of hydrogen-bond donors (Lipinski definition) is 6. The lowest BCUT2D eigenvalue weighted by molar-refractivity contribution is -0.117. The number of carbonyl (C=O) groups excluding carboxylic acids is 1. The van der Waals surface area contributed by atoms with Gasteiger partial charge in [0.2, 0.25) is 0 Å². The molecular weight excluding hydrogens is 328 g/mol. The van der Waals surface area contributed by atoms with Crippen molar-refractivity contribution in [2.45, 2.75) is 24.4 Å². The van der Waals surface area contributed by atoms with Crippen LogP contribution in [0.15, 0.2) is 29.1 Å². The second-order valence-corrected chi connectivity index (χ2v) is 5.50. The summed E-state index contributed by atoms with van der Waals surface area (Å²) in [5.74, 6) is 2.28. The Kier molecular flexibility index (Phi) is 5.90. The Bertz CT molecular complexity index is 856. The quantitative estimate of drug-likeness (QED) is 0.266. The summed E-state index contributed by atoms with van der Waals surface area (Å²) in [7, 11) is 0. The van der Waals surface area contributed by atoms with Crippen LogP contribution >= 0.6 is 0 Å². The monoisotopic (exact) mass is 346 g/mol. The molecule has 1 heterocycles. The number of aliphatic hydroxyl groups is 4. The van der Waals surface area contributed by atoms with E-state index in [9.17, 15) is 24.9 Å². The first-order valence-corrected chi connectivity index (χ1v) is 7.41. The first-order chi connectivity index (χ1) is 11.9. The van der Waals surface area contributed by atoms with Crippen molar-refractivity contribution in [1.82, 2.24) is 4.98 Å². The van der Waals surface area contributed by atoms with Crippen molar-refractivity contribution in [3.63, 3.8) is 0 Å². The second-order valence-electron chi connectivity index (χ2n) is 5.50. The van der Waals surface area contributed by atoms with Gasteiger partial charge in [-0.05, 0) is 23.6 Å². The van der Waals surface area contributed by atoms with E-state index in [4.69, 9.17) is 11.5 Å². The molecule has 8 nitrogen and oxygen atoms in total. The zero-order valence-electron chi connectivity index (χ0n) is 13.1. The van der Waals surface area contributed by atoms with Crippen LogP contribution in [0.4, 0.5) is 5.69 Å². The van der Waals surface area contributed by atoms with Gasteiger partial charge >= 0.3 is 0 Å². The maximum absolute atomic E-state index is 11.8. The number of fused-ring (bicyclic) bond motifs is 1. The van der Waals surface area contributed by atoms with Gasteiger partial charge in [0.15, 0.2) is 0 Å². The molecule has 1 aromatic carbocycles. The lowest BCUT2D eigenvalue weighted by Gasteiger charge is -2.26. The fraction of sp³-hybridized carbons (Fsp3) is 0.294. The van der Waals surface area contributed by atoms with E-state index in [0.29, 0.717) is 22.9 Å². The van der Waals surface area contributed by atoms with Crippen molar-refractivity contribution in [2.75, 3.05) is 11.9 Å². The van der Waals surface area contributed by atoms with E-state index in [1.54, 1.807) is 18.2 Å². The molecule has 132 valence electrons. The maximum Gasteiger partial charge on any atom is 0.264 e. The van der Waals surface area contributed by atoms with E-state index >= 15 is 0 Å². The van der Waals surface area contributed by atoms with Crippen molar-refractivity contribution in [3.05, 3.63) is 40.2 Å². The van der Waals surface area contributed by atoms with Gasteiger partial charge in [0.1, 0.15) is 30.6 Å². The minimum absolute atomic E-state index is 0.190. The highest BCUT2D eigenvalue weighted by molar-refractivity contribution is 5.83. The van der Waals surface area contributed by atoms with Crippen molar-refractivity contribution in [2.24, 2.45) is 0 Å². The van der Waals surface area contributed by atoms with Gasteiger partial charge in [0, 0.05) is 5.69 Å². The predicted octanol–water partition coefficient (Wildman–Crippen LogP) is -1.44. The Morgan fingerprint density at radius 2 is 1.96 bits per heavy atom. The van der Waals surface area contributed by atoms with E-state index in [1.165, 1.54) is 6.07 Å². The average molecular weight is 346 g/mol. The number of nitrogens with one attached hydrogen (secondary N) is 2. The maximum atomic E-state index is 11.8. The van der Waals surface area contributed by atoms with Crippen LogP contribution in [0.2, 0.25) is 0 Å². The summed E-state index contributed by atoms with van der Waals surface area (Å²) in [6, 6.07) is 5.09. The number of benzene rings is 1. The molecule has 0 saturated heterocycles. The predicted molar refractivity (Wildman–Crippen MR) is 91.1 cm³/mol. The van der Waals surface area contributed by atoms with Gasteiger partial charge in [-0.25, -0.2) is 0 Å². The van der Waals surface area contributed by atoms with Crippen LogP contribution in [-0.2, 0) is 4.79 Å². The van der Waals surface area contributed by atoms with Gasteiger partial charge in [-0.3, -0.25) is 4.79 Å². The first-order valence-electron chi connectivity index (χ1n) is 7.41. The molecule has 0 aliphatic rings. The molecule has 2 aromatic rings. The molecule has 0 unspecified atom stereocenters. The Labute approximate surface area is 142 Å². The van der Waals surface area contributed by atoms with Gasteiger partial charge in [-0.2, -0.15) is 0 Å². The summed E-state index contributed by atoms with van der Waals surface area (Å²) in [6.07, 6.45) is 0.650. The third-order valence-corrected chi connectivity index (χ3v) is 3.78. The number of aliphatic hydroxyl groups excluding tert-OH is 4. The number of rotatable bonds is 7. The Morgan fingerprint density at radius 3 is 2.56 bits per heavy atom. The molecule has 25 heavy (non-hydrogen) atoms. The highest BCUT2D eigenvalue weighted by Gasteiger charge is 2.31. The summed E-state index contributed by atoms with van der Waals surface area (Å²) < 4.78 is 0. The SMILES string of the molecule is C#Cc1cc2ccc(N[C@H](C=O)[C@H](O)[C@@H](O)[C@@H](O)CO)cc2[nH]c1=O. The van der Waals surface area contributed by atoms with E-state index in [2.05, 4.69) is 16.2 Å². The molecule has 0 bridgehead atoms. The smallest absolute Gasteiger partial charge is 0.264 e. The molecule has 0 spiro atoms. The largest absolute Gasteiger partial charge is 0.394 e. The third kappa shape index (κ3) is 4.04. The van der Waals surface area contributed by atoms with Crippen LogP contribution in [-0.4, -0.2) is 62.7 Å². The van der Waals surface area contributed by atoms with Crippen molar-refractivity contribution in [1.29, 1.82) is 0 Å². The van der Waals surface area contributed by atoms with Crippen LogP contribution in [0.1, 0.15) is 5.56 Å². The Balaban J connectivity index is 2.27. The number of aldehydes is 1. The van der Waals surface area contributed by atoms with Gasteiger partial charge in [-0.1, -0.05) is 12.0 Å². The zero-order chi connectivity index (χ0) is 18.6. The summed E-state index contributed by atoms with van der Waals surface area (Å²) in [5, 5.41) is 41.2. The second kappa shape index (κ2) is 7.92. The van der Waals surface area contributed by atoms with Crippen LogP contribution in [0.3, 0.4) is 0 Å². The first kappa shape index (κ1) is 18.6. The highest BCUT2D eigenvalue weighted by Crippen LogP contribution is 2.18. The number of H-pyrrole nitrogens is 1. The molecule has 0 amide bonds. The van der Waals surface area contributed by atoms with E-state index in [0.717, 1.165) is 0 Å². The number of hydrogen-bond acceptors (Lipinski definition) is 7. The normalized spacial score (nSPS) is 15.8. The third-order valence-electron chi connectivity index (χ3n) is 3.78. The summed E-state index contributed by atoms with van der Waals surface area (Å²) in [4.78, 5) is 25.6. The standard InChI is InChI=1S/C17H18N2O6/c1-2-9-5-10-3-4-11(6-12(10)19-17(9)25)18-13(7-20)15(23)16(24)14(22)8-21/h1,3-7,13-16,18,21-24H,8H2,(H,19,25)/t13-,14+,15+,16+/m1/s1. The lowest BCUT2D eigenvalue weighted by Crippen LogP contribution is -2.49. The van der Waals surface area contributed by atoms with Crippen LogP contribution in [0.25, 0.3) is 10.9 Å². The summed E-state index contributed by atoms with van der Waals surface area (Å²) in [6.45, 7) is -0.765. The molecule has 6 N–H and O–H groups in total. The van der Waals surface area contributed by atoms with Crippen LogP contribution < -0.4 is 10.9 Å². The molecule has 2 rings (SSSR count). The van der Waals surface area contributed by atoms with E-state index in [-0.39, 0.29) is 5.56 Å². The zero-order valence-corrected chi connectivity index (χ0v) is 13.1. The molecule has 0 aliphatic heterocycles. The molecule has 0 saturated carbocycles. The van der Waals surface area contributed by atoms with Crippen LogP contribution in [0, 0.1) is 12.3 Å². The van der Waals surface area contributed by atoms with Crippen LogP contribution in [0.5, 0.6) is 0 Å². The molecule has 4 atom stereocenters. The van der Waals surface area contributed by atoms with Crippen molar-refractivity contribution in [3.8, 4) is 12.3 Å². The molecule has 8 heteroatoms. The number of anilines is 1. The van der Waals surface area contributed by atoms with Gasteiger partial charge in [0.25, 0.3) is 5.56 Å². The highest BCUT2D eigenvalue weighted by atomic mass is 16.4. The Morgan fingerprint density at radius 1 is 1.24 bits per heavy atom. The number of carbonyl (C=O) groups is 1. The molecule has 0 fully saturated rings. The van der Waals surface area contributed by atoms with E-state index < -0.39 is 36.5 Å². The van der Waals surface area contributed by atoms with E-state index in [1.807, 2.05) is 0 Å². The topological polar surface area (TPSA) is 143 Å². The van der Waals surface area contributed by atoms with Gasteiger partial charge in [0.05, 0.1) is 17.7 Å². The fourth-order valence-corrected chi connectivity index (χ4v) is 2.34. The number of aromatic nitrogens is 1. The summed E-state index contributed by atoms with van der Waals surface area (Å²) >= 11 is 0. The molecule has 0 aliphatic carbocycles. The minimum Gasteiger partial charge on any atom is -0.394 e. The minimum atomic E-state index is -1.72. The van der Waals surface area contributed by atoms with Gasteiger partial charge in [-0.15, -0.1) is 6.42 Å². The molecule has 0 radical (unpaired) electrons. The Hall–Kier alpha value is -2.70. The van der Waals surface area contributed by atoms with Crippen molar-refractivity contribution < 1.29 is 25.2 Å². The number of terminal acetylenes is 1. The van der Waals surface area contributed by atoms with Gasteiger partial charge < -0.3 is 35.5 Å².